The Labute approximate surface area is 170 Å². The molecule has 0 saturated carbocycles. The second-order valence-corrected chi connectivity index (χ2v) is 6.41. The Hall–Kier alpha value is -3.06. The van der Waals surface area contributed by atoms with E-state index >= 15 is 0 Å². The molecule has 0 fully saturated rings. The summed E-state index contributed by atoms with van der Waals surface area (Å²) in [5.41, 5.74) is 3.27. The molecule has 29 heavy (non-hydrogen) atoms. The minimum absolute atomic E-state index is 0.109. The van der Waals surface area contributed by atoms with Gasteiger partial charge >= 0.3 is 5.97 Å². The smallest absolute Gasteiger partial charge is 0.330 e. The van der Waals surface area contributed by atoms with E-state index in [0.717, 1.165) is 17.0 Å². The predicted octanol–water partition coefficient (Wildman–Crippen LogP) is 3.21. The van der Waals surface area contributed by atoms with Crippen molar-refractivity contribution < 1.29 is 28.5 Å². The summed E-state index contributed by atoms with van der Waals surface area (Å²) in [7, 11) is 4.48. The third-order valence-electron chi connectivity index (χ3n) is 4.55. The molecule has 0 spiro atoms. The normalized spacial score (nSPS) is 10.9. The third kappa shape index (κ3) is 5.71. The van der Waals surface area contributed by atoms with Gasteiger partial charge in [-0.3, -0.25) is 4.79 Å². The second-order valence-electron chi connectivity index (χ2n) is 6.41. The lowest BCUT2D eigenvalue weighted by atomic mass is 10.1. The number of rotatable bonds is 10. The molecular formula is C22H27NO6. The summed E-state index contributed by atoms with van der Waals surface area (Å²) >= 11 is 0. The molecule has 0 radical (unpaired) electrons. The van der Waals surface area contributed by atoms with Crippen molar-refractivity contribution in [3.05, 3.63) is 52.9 Å². The molecule has 1 aromatic carbocycles. The number of Topliss-reactive ketones (excluding diaryl/α,β-unsaturated/α-hetero) is 1. The van der Waals surface area contributed by atoms with Crippen LogP contribution in [0.2, 0.25) is 0 Å². The molecule has 0 atom stereocenters. The number of carbonyl (C=O) groups is 2. The number of ketones is 1. The van der Waals surface area contributed by atoms with Gasteiger partial charge in [0.15, 0.2) is 18.1 Å². The van der Waals surface area contributed by atoms with Crippen molar-refractivity contribution in [3.63, 3.8) is 0 Å². The van der Waals surface area contributed by atoms with Crippen molar-refractivity contribution >= 4 is 17.8 Å². The number of ether oxygens (including phenoxy) is 4. The van der Waals surface area contributed by atoms with E-state index in [1.807, 2.05) is 19.9 Å². The van der Waals surface area contributed by atoms with Crippen molar-refractivity contribution in [3.8, 4) is 11.5 Å². The number of nitrogens with zero attached hydrogens (tertiary/aromatic N) is 1. The standard InChI is InChI=1S/C22H27NO6/c1-15-12-18(16(2)23(15)10-11-26-3)19(24)14-29-20-8-6-17(13-21(20)27-4)7-9-22(25)28-5/h6-9,12-13H,10-11,14H2,1-5H3/b9-7+. The summed E-state index contributed by atoms with van der Waals surface area (Å²) in [5.74, 6) is 0.358. The maximum absolute atomic E-state index is 12.7. The van der Waals surface area contributed by atoms with Crippen molar-refractivity contribution in [2.75, 3.05) is 34.5 Å². The molecular weight excluding hydrogens is 374 g/mol. The van der Waals surface area contributed by atoms with Gasteiger partial charge in [0.1, 0.15) is 0 Å². The number of carbonyl (C=O) groups excluding carboxylic acids is 2. The number of hydrogen-bond donors (Lipinski definition) is 0. The van der Waals surface area contributed by atoms with Gasteiger partial charge in [0.25, 0.3) is 0 Å². The highest BCUT2D eigenvalue weighted by atomic mass is 16.5. The first kappa shape index (κ1) is 22.2. The molecule has 0 saturated heterocycles. The Morgan fingerprint density at radius 3 is 2.48 bits per heavy atom. The van der Waals surface area contributed by atoms with Crippen LogP contribution in [0, 0.1) is 13.8 Å². The number of aryl methyl sites for hydroxylation is 1. The van der Waals surface area contributed by atoms with E-state index in [4.69, 9.17) is 14.2 Å². The van der Waals surface area contributed by atoms with Gasteiger partial charge < -0.3 is 23.5 Å². The maximum Gasteiger partial charge on any atom is 0.330 e. The maximum atomic E-state index is 12.7. The summed E-state index contributed by atoms with van der Waals surface area (Å²) in [6.07, 6.45) is 2.93. The van der Waals surface area contributed by atoms with Crippen LogP contribution in [0.5, 0.6) is 11.5 Å². The minimum Gasteiger partial charge on any atom is -0.493 e. The zero-order chi connectivity index (χ0) is 21.4. The van der Waals surface area contributed by atoms with E-state index in [0.29, 0.717) is 30.2 Å². The van der Waals surface area contributed by atoms with Crippen LogP contribution in [0.25, 0.3) is 6.08 Å². The highest BCUT2D eigenvalue weighted by molar-refractivity contribution is 5.98. The van der Waals surface area contributed by atoms with Gasteiger partial charge in [0, 0.05) is 36.7 Å². The molecule has 0 amide bonds. The van der Waals surface area contributed by atoms with Gasteiger partial charge in [-0.1, -0.05) is 6.07 Å². The monoisotopic (exact) mass is 401 g/mol. The molecule has 156 valence electrons. The number of aromatic nitrogens is 1. The molecule has 1 heterocycles. The summed E-state index contributed by atoms with van der Waals surface area (Å²) in [5, 5.41) is 0. The number of hydrogen-bond acceptors (Lipinski definition) is 6. The largest absolute Gasteiger partial charge is 0.493 e. The Kier molecular flexibility index (Phi) is 8.03. The fraction of sp³-hybridized carbons (Fsp3) is 0.364. The molecule has 0 N–H and O–H groups in total. The van der Waals surface area contributed by atoms with Gasteiger partial charge in [-0.25, -0.2) is 4.79 Å². The lowest BCUT2D eigenvalue weighted by Gasteiger charge is -2.11. The lowest BCUT2D eigenvalue weighted by molar-refractivity contribution is -0.134. The predicted molar refractivity (Wildman–Crippen MR) is 110 cm³/mol. The number of esters is 1. The van der Waals surface area contributed by atoms with Crippen molar-refractivity contribution in [2.45, 2.75) is 20.4 Å². The van der Waals surface area contributed by atoms with Crippen LogP contribution in [0.4, 0.5) is 0 Å². The second kappa shape index (κ2) is 10.5. The molecule has 2 rings (SSSR count). The zero-order valence-corrected chi connectivity index (χ0v) is 17.5. The van der Waals surface area contributed by atoms with Crippen LogP contribution < -0.4 is 9.47 Å². The van der Waals surface area contributed by atoms with E-state index in [1.165, 1.54) is 20.3 Å². The summed E-state index contributed by atoms with van der Waals surface area (Å²) in [6.45, 7) is 5.04. The molecule has 1 aromatic heterocycles. The minimum atomic E-state index is -0.446. The highest BCUT2D eigenvalue weighted by Crippen LogP contribution is 2.29. The molecule has 7 heteroatoms. The van der Waals surface area contributed by atoms with Gasteiger partial charge in [-0.15, -0.1) is 0 Å². The molecule has 2 aromatic rings. The quantitative estimate of drug-likeness (QED) is 0.346. The molecule has 0 aliphatic heterocycles. The Bertz CT molecular complexity index is 897. The average molecular weight is 401 g/mol. The fourth-order valence-corrected chi connectivity index (χ4v) is 2.97. The van der Waals surface area contributed by atoms with E-state index in [2.05, 4.69) is 9.30 Å². The van der Waals surface area contributed by atoms with Gasteiger partial charge in [0.05, 0.1) is 20.8 Å². The van der Waals surface area contributed by atoms with E-state index in [1.54, 1.807) is 31.4 Å². The lowest BCUT2D eigenvalue weighted by Crippen LogP contribution is -2.14. The first-order valence-electron chi connectivity index (χ1n) is 9.17. The third-order valence-corrected chi connectivity index (χ3v) is 4.55. The molecule has 7 nitrogen and oxygen atoms in total. The molecule has 0 aliphatic carbocycles. The zero-order valence-electron chi connectivity index (χ0n) is 17.5. The topological polar surface area (TPSA) is 76.0 Å². The van der Waals surface area contributed by atoms with E-state index < -0.39 is 5.97 Å². The summed E-state index contributed by atoms with van der Waals surface area (Å²) < 4.78 is 22.8. The summed E-state index contributed by atoms with van der Waals surface area (Å²) in [4.78, 5) is 23.9. The summed E-state index contributed by atoms with van der Waals surface area (Å²) in [6, 6.07) is 7.05. The first-order valence-corrected chi connectivity index (χ1v) is 9.17. The van der Waals surface area contributed by atoms with Crippen molar-refractivity contribution in [2.24, 2.45) is 0 Å². The van der Waals surface area contributed by atoms with Gasteiger partial charge in [0.2, 0.25) is 5.78 Å². The Morgan fingerprint density at radius 1 is 1.07 bits per heavy atom. The fourth-order valence-electron chi connectivity index (χ4n) is 2.97. The van der Waals surface area contributed by atoms with Crippen LogP contribution in [-0.2, 0) is 20.8 Å². The SMILES string of the molecule is COCCn1c(C)cc(C(=O)COc2ccc(/C=C/C(=O)OC)cc2OC)c1C. The van der Waals surface area contributed by atoms with Crippen LogP contribution in [-0.4, -0.2) is 50.9 Å². The van der Waals surface area contributed by atoms with Crippen LogP contribution in [0.15, 0.2) is 30.3 Å². The van der Waals surface area contributed by atoms with E-state index in [9.17, 15) is 9.59 Å². The van der Waals surface area contributed by atoms with Crippen LogP contribution in [0.1, 0.15) is 27.3 Å². The number of benzene rings is 1. The number of methoxy groups -OCH3 is 3. The van der Waals surface area contributed by atoms with Gasteiger partial charge in [-0.2, -0.15) is 0 Å². The van der Waals surface area contributed by atoms with Crippen molar-refractivity contribution in [1.82, 2.24) is 4.57 Å². The van der Waals surface area contributed by atoms with Crippen LogP contribution >= 0.6 is 0 Å². The van der Waals surface area contributed by atoms with Crippen LogP contribution in [0.3, 0.4) is 0 Å². The molecule has 0 bridgehead atoms. The van der Waals surface area contributed by atoms with Gasteiger partial charge in [-0.05, 0) is 43.7 Å². The Morgan fingerprint density at radius 2 is 1.83 bits per heavy atom. The average Bonchev–Trinajstić information content (AvgIpc) is 3.02. The molecule has 0 unspecified atom stereocenters. The Balaban J connectivity index is 2.10. The molecule has 0 aliphatic rings. The highest BCUT2D eigenvalue weighted by Gasteiger charge is 2.17. The first-order chi connectivity index (χ1) is 13.9. The van der Waals surface area contributed by atoms with Crippen molar-refractivity contribution in [1.29, 1.82) is 0 Å². The van der Waals surface area contributed by atoms with E-state index in [-0.39, 0.29) is 12.4 Å².